The van der Waals surface area contributed by atoms with Gasteiger partial charge in [0.25, 0.3) is 0 Å². The van der Waals surface area contributed by atoms with E-state index in [1.54, 1.807) is 6.07 Å². The summed E-state index contributed by atoms with van der Waals surface area (Å²) in [6, 6.07) is 13.4. The largest absolute Gasteiger partial charge is 0.489 e. The van der Waals surface area contributed by atoms with Gasteiger partial charge in [0.15, 0.2) is 6.10 Å². The minimum absolute atomic E-state index is 0.253. The molecule has 0 aromatic heterocycles. The van der Waals surface area contributed by atoms with Crippen molar-refractivity contribution in [2.75, 3.05) is 30.1 Å². The minimum atomic E-state index is -3.18. The molecule has 0 spiro atoms. The van der Waals surface area contributed by atoms with Crippen LogP contribution in [0.3, 0.4) is 0 Å². The highest BCUT2D eigenvalue weighted by molar-refractivity contribution is 8.24. The first-order valence-electron chi connectivity index (χ1n) is 11.5. The molecule has 4 N–H and O–H groups in total. The van der Waals surface area contributed by atoms with Gasteiger partial charge in [0, 0.05) is 29.5 Å². The molecule has 1 heterocycles. The number of carboxylic acid groups (broad SMARTS) is 1. The second-order valence-electron chi connectivity index (χ2n) is 8.83. The number of fused-ring (bicyclic) bond motifs is 1. The molecule has 2 aromatic rings. The molecule has 7 nitrogen and oxygen atoms in total. The second kappa shape index (κ2) is 11.2. The normalized spacial score (nSPS) is 21.3. The molecule has 2 aromatic carbocycles. The van der Waals surface area contributed by atoms with Crippen molar-refractivity contribution in [2.24, 2.45) is 5.41 Å². The van der Waals surface area contributed by atoms with E-state index in [-0.39, 0.29) is 11.2 Å². The lowest BCUT2D eigenvalue weighted by molar-refractivity contribution is -0.148. The maximum absolute atomic E-state index is 11.5. The number of hydrogen-bond acceptors (Lipinski definition) is 7. The fourth-order valence-electron chi connectivity index (χ4n) is 4.42. The van der Waals surface area contributed by atoms with Crippen molar-refractivity contribution in [3.8, 4) is 5.75 Å². The van der Waals surface area contributed by atoms with E-state index >= 15 is 0 Å². The smallest absolute Gasteiger partial charge is 0.336 e. The number of carboxylic acids is 1. The van der Waals surface area contributed by atoms with Gasteiger partial charge in [0.1, 0.15) is 12.4 Å². The summed E-state index contributed by atoms with van der Waals surface area (Å²) in [5.74, 6) is -0.788. The van der Waals surface area contributed by atoms with E-state index in [1.165, 1.54) is 11.8 Å². The van der Waals surface area contributed by atoms with Gasteiger partial charge in [-0.15, -0.1) is 11.8 Å². The zero-order valence-electron chi connectivity index (χ0n) is 19.9. The first-order valence-corrected chi connectivity index (χ1v) is 14.4. The Hall–Kier alpha value is -1.91. The maximum Gasteiger partial charge on any atom is 0.336 e. The zero-order chi connectivity index (χ0) is 24.9. The van der Waals surface area contributed by atoms with E-state index in [9.17, 15) is 19.0 Å². The number of rotatable bonds is 10. The van der Waals surface area contributed by atoms with Gasteiger partial charge in [0.2, 0.25) is 0 Å². The van der Waals surface area contributed by atoms with E-state index in [0.717, 1.165) is 36.3 Å². The van der Waals surface area contributed by atoms with Crippen LogP contribution in [-0.2, 0) is 4.79 Å². The Balaban J connectivity index is 2.16. The number of nitrogens with zero attached hydrogens (tertiary/aromatic N) is 1. The number of benzene rings is 2. The predicted octanol–water partition coefficient (Wildman–Crippen LogP) is 6.08. The van der Waals surface area contributed by atoms with Crippen LogP contribution in [0.25, 0.3) is 0 Å². The van der Waals surface area contributed by atoms with Crippen LogP contribution < -0.4 is 9.64 Å². The number of thioether (sulfide) groups is 1. The van der Waals surface area contributed by atoms with Crippen LogP contribution in [0.5, 0.6) is 5.75 Å². The summed E-state index contributed by atoms with van der Waals surface area (Å²) in [7, 11) is -3.18. The van der Waals surface area contributed by atoms with Crippen molar-refractivity contribution >= 4 is 39.7 Å². The van der Waals surface area contributed by atoms with E-state index in [0.29, 0.717) is 22.9 Å². The van der Waals surface area contributed by atoms with Crippen LogP contribution in [-0.4, -0.2) is 56.6 Å². The van der Waals surface area contributed by atoms with Crippen LogP contribution in [0, 0.1) is 5.41 Å². The summed E-state index contributed by atoms with van der Waals surface area (Å²) < 4.78 is 28.7. The number of ether oxygens (including phenoxy) is 1. The van der Waals surface area contributed by atoms with E-state index < -0.39 is 29.3 Å². The summed E-state index contributed by atoms with van der Waals surface area (Å²) in [6.07, 6.45) is 3.93. The number of anilines is 2. The van der Waals surface area contributed by atoms with Gasteiger partial charge in [-0.05, 0) is 37.3 Å². The third-order valence-electron chi connectivity index (χ3n) is 6.45. The first-order chi connectivity index (χ1) is 16.2. The van der Waals surface area contributed by atoms with Crippen molar-refractivity contribution in [2.45, 2.75) is 55.4 Å². The summed E-state index contributed by atoms with van der Waals surface area (Å²) in [6.45, 7) is 4.47. The number of aliphatic carboxylic acids is 1. The van der Waals surface area contributed by atoms with Gasteiger partial charge in [-0.25, -0.2) is 4.79 Å². The quantitative estimate of drug-likeness (QED) is 0.285. The molecule has 0 radical (unpaired) electrons. The molecule has 0 saturated heterocycles. The van der Waals surface area contributed by atoms with Crippen LogP contribution in [0.2, 0.25) is 0 Å². The van der Waals surface area contributed by atoms with Crippen LogP contribution in [0.1, 0.15) is 39.5 Å². The highest BCUT2D eigenvalue weighted by Gasteiger charge is 2.42. The molecule has 0 bridgehead atoms. The van der Waals surface area contributed by atoms with Crippen LogP contribution in [0.4, 0.5) is 11.4 Å². The number of aliphatic hydroxyl groups excluding tert-OH is 1. The number of aliphatic hydroxyl groups is 1. The molecule has 3 rings (SSSR count). The Morgan fingerprint density at radius 3 is 2.53 bits per heavy atom. The standard InChI is InChI=1S/C25H35NO6S2/c1-4-6-12-25(5-2)16-26(18-10-8-7-9-11-18)19-13-22(33-3)21(32-15-20(27)24(28)29)14-23(19)34(30,31)17-25/h7-11,13-14,20,27,30-31H,4-6,12,15-17H2,1-3H3,(H,28,29)/t20-,25-/m0/s1. The van der Waals surface area contributed by atoms with Crippen molar-refractivity contribution < 1.29 is 28.8 Å². The molecule has 9 heteroatoms. The lowest BCUT2D eigenvalue weighted by Gasteiger charge is -2.41. The van der Waals surface area contributed by atoms with E-state index in [1.807, 2.05) is 42.7 Å². The van der Waals surface area contributed by atoms with Gasteiger partial charge in [-0.3, -0.25) is 9.11 Å². The number of unbranched alkanes of at least 4 members (excludes halogenated alkanes) is 1. The molecule has 1 aliphatic heterocycles. The predicted molar refractivity (Wildman–Crippen MR) is 139 cm³/mol. The molecule has 188 valence electrons. The van der Waals surface area contributed by atoms with Crippen LogP contribution in [0.15, 0.2) is 52.3 Å². The van der Waals surface area contributed by atoms with E-state index in [4.69, 9.17) is 9.84 Å². The lowest BCUT2D eigenvalue weighted by Crippen LogP contribution is -2.37. The van der Waals surface area contributed by atoms with Crippen molar-refractivity contribution in [3.63, 3.8) is 0 Å². The van der Waals surface area contributed by atoms with Crippen molar-refractivity contribution in [3.05, 3.63) is 42.5 Å². The highest BCUT2D eigenvalue weighted by atomic mass is 32.3. The maximum atomic E-state index is 11.5. The van der Waals surface area contributed by atoms with Crippen LogP contribution >= 0.6 is 22.4 Å². The fraction of sp³-hybridized carbons (Fsp3) is 0.480. The molecule has 0 aliphatic carbocycles. The Kier molecular flexibility index (Phi) is 8.81. The summed E-state index contributed by atoms with van der Waals surface area (Å²) in [5, 5.41) is 18.7. The monoisotopic (exact) mass is 509 g/mol. The topological polar surface area (TPSA) is 110 Å². The summed E-state index contributed by atoms with van der Waals surface area (Å²) >= 11 is 1.42. The first kappa shape index (κ1) is 26.7. The van der Waals surface area contributed by atoms with E-state index in [2.05, 4.69) is 18.7 Å². The molecule has 0 saturated carbocycles. The SMILES string of the molecule is CCCC[C@@]1(CC)CN(c2ccccc2)c2cc(SC)c(OC[C@H](O)C(=O)O)cc2S(O)(O)C1. The fourth-order valence-corrected chi connectivity index (χ4v) is 7.22. The third kappa shape index (κ3) is 5.83. The molecule has 34 heavy (non-hydrogen) atoms. The third-order valence-corrected chi connectivity index (χ3v) is 9.25. The number of para-hydroxylation sites is 1. The van der Waals surface area contributed by atoms with Crippen molar-refractivity contribution in [1.29, 1.82) is 0 Å². The Morgan fingerprint density at radius 2 is 1.94 bits per heavy atom. The molecule has 0 unspecified atom stereocenters. The molecule has 0 amide bonds. The van der Waals surface area contributed by atoms with Crippen molar-refractivity contribution in [1.82, 2.24) is 0 Å². The molecule has 0 fully saturated rings. The summed E-state index contributed by atoms with van der Waals surface area (Å²) in [5.41, 5.74) is 1.40. The van der Waals surface area contributed by atoms with Gasteiger partial charge in [0.05, 0.1) is 15.5 Å². The van der Waals surface area contributed by atoms with Gasteiger partial charge < -0.3 is 19.8 Å². The van der Waals surface area contributed by atoms with Gasteiger partial charge in [-0.1, -0.05) is 44.9 Å². The summed E-state index contributed by atoms with van der Waals surface area (Å²) in [4.78, 5) is 14.3. The minimum Gasteiger partial charge on any atom is -0.489 e. The number of carbonyl (C=O) groups is 1. The Labute approximate surface area is 207 Å². The van der Waals surface area contributed by atoms with Gasteiger partial charge >= 0.3 is 5.97 Å². The zero-order valence-corrected chi connectivity index (χ0v) is 21.6. The Morgan fingerprint density at radius 1 is 1.24 bits per heavy atom. The number of hydrogen-bond donors (Lipinski definition) is 4. The Bertz CT molecular complexity index is 987. The second-order valence-corrected chi connectivity index (χ2v) is 11.7. The lowest BCUT2D eigenvalue weighted by atomic mass is 9.81. The van der Waals surface area contributed by atoms with Gasteiger partial charge in [-0.2, -0.15) is 10.6 Å². The average molecular weight is 510 g/mol. The molecular weight excluding hydrogens is 474 g/mol. The molecule has 2 atom stereocenters. The highest BCUT2D eigenvalue weighted by Crippen LogP contribution is 2.62. The molecular formula is C25H35NO6S2. The average Bonchev–Trinajstić information content (AvgIpc) is 2.93. The molecule has 1 aliphatic rings.